The average Bonchev–Trinajstić information content (AvgIpc) is 2.75. The minimum atomic E-state index is 0.676. The first kappa shape index (κ1) is 15.0. The number of nitrogens with one attached hydrogen (secondary N) is 1. The Balaban J connectivity index is 2.02. The first-order chi connectivity index (χ1) is 9.10. The molecule has 0 aromatic carbocycles. The second-order valence-corrected chi connectivity index (χ2v) is 7.52. The van der Waals surface area contributed by atoms with Crippen molar-refractivity contribution in [3.8, 4) is 0 Å². The van der Waals surface area contributed by atoms with Crippen molar-refractivity contribution in [3.63, 3.8) is 0 Å². The Morgan fingerprint density at radius 3 is 2.79 bits per heavy atom. The zero-order valence-corrected chi connectivity index (χ0v) is 13.6. The lowest BCUT2D eigenvalue weighted by Crippen LogP contribution is -2.57. The van der Waals surface area contributed by atoms with Crippen LogP contribution in [0.5, 0.6) is 0 Å². The van der Waals surface area contributed by atoms with Gasteiger partial charge < -0.3 is 5.32 Å². The minimum Gasteiger partial charge on any atom is -0.311 e. The number of rotatable bonds is 5. The molecule has 1 aliphatic rings. The van der Waals surface area contributed by atoms with Gasteiger partial charge in [-0.2, -0.15) is 0 Å². The topological polar surface area (TPSA) is 15.3 Å². The number of hydrogen-bond acceptors (Lipinski definition) is 3. The molecule has 1 saturated heterocycles. The maximum Gasteiger partial charge on any atom is 0.0332 e. The molecule has 1 N–H and O–H groups in total. The van der Waals surface area contributed by atoms with Gasteiger partial charge in [0.15, 0.2) is 0 Å². The number of hydrogen-bond donors (Lipinski definition) is 1. The standard InChI is InChI=1S/C16H28N2S/c1-5-6-14-10-18(16(9-17-14)12(2)3)11-15-8-7-13(4)19-15/h7-8,12,14,16-17H,5-6,9-11H2,1-4H3. The molecular formula is C16H28N2S. The summed E-state index contributed by atoms with van der Waals surface area (Å²) in [5.41, 5.74) is 0. The summed E-state index contributed by atoms with van der Waals surface area (Å²) in [5, 5.41) is 3.73. The van der Waals surface area contributed by atoms with Crippen molar-refractivity contribution in [1.29, 1.82) is 0 Å². The zero-order valence-electron chi connectivity index (χ0n) is 12.8. The molecular weight excluding hydrogens is 252 g/mol. The number of aryl methyl sites for hydroxylation is 1. The monoisotopic (exact) mass is 280 g/mol. The molecule has 2 atom stereocenters. The van der Waals surface area contributed by atoms with Crippen molar-refractivity contribution in [2.75, 3.05) is 13.1 Å². The van der Waals surface area contributed by atoms with Crippen molar-refractivity contribution >= 4 is 11.3 Å². The van der Waals surface area contributed by atoms with E-state index in [0.717, 1.165) is 19.0 Å². The van der Waals surface area contributed by atoms with Gasteiger partial charge in [0.25, 0.3) is 0 Å². The van der Waals surface area contributed by atoms with Crippen LogP contribution in [-0.2, 0) is 6.54 Å². The molecule has 19 heavy (non-hydrogen) atoms. The van der Waals surface area contributed by atoms with Crippen LogP contribution >= 0.6 is 11.3 Å². The van der Waals surface area contributed by atoms with Crippen LogP contribution in [0, 0.1) is 12.8 Å². The highest BCUT2D eigenvalue weighted by molar-refractivity contribution is 7.11. The molecule has 1 fully saturated rings. The SMILES string of the molecule is CCCC1CN(Cc2ccc(C)s2)C(C(C)C)CN1. The van der Waals surface area contributed by atoms with Crippen LogP contribution in [0.2, 0.25) is 0 Å². The summed E-state index contributed by atoms with van der Waals surface area (Å²) in [7, 11) is 0. The van der Waals surface area contributed by atoms with E-state index in [1.54, 1.807) is 0 Å². The van der Waals surface area contributed by atoms with E-state index in [4.69, 9.17) is 0 Å². The van der Waals surface area contributed by atoms with Crippen LogP contribution < -0.4 is 5.32 Å². The molecule has 0 aliphatic carbocycles. The van der Waals surface area contributed by atoms with E-state index in [0.29, 0.717) is 12.1 Å². The summed E-state index contributed by atoms with van der Waals surface area (Å²) in [5.74, 6) is 0.719. The Hall–Kier alpha value is -0.380. The van der Waals surface area contributed by atoms with E-state index in [1.807, 2.05) is 11.3 Å². The van der Waals surface area contributed by atoms with Crippen LogP contribution in [-0.4, -0.2) is 30.1 Å². The predicted molar refractivity (Wildman–Crippen MR) is 84.8 cm³/mol. The normalized spacial score (nSPS) is 25.1. The smallest absolute Gasteiger partial charge is 0.0332 e. The summed E-state index contributed by atoms with van der Waals surface area (Å²) in [6.07, 6.45) is 2.57. The number of piperazine rings is 1. The Labute approximate surface area is 122 Å². The largest absolute Gasteiger partial charge is 0.311 e. The van der Waals surface area contributed by atoms with E-state index >= 15 is 0 Å². The summed E-state index contributed by atoms with van der Waals surface area (Å²) in [4.78, 5) is 5.64. The lowest BCUT2D eigenvalue weighted by molar-refractivity contribution is 0.0895. The predicted octanol–water partition coefficient (Wildman–Crippen LogP) is 3.66. The van der Waals surface area contributed by atoms with Gasteiger partial charge in [-0.15, -0.1) is 11.3 Å². The molecule has 0 amide bonds. The third kappa shape index (κ3) is 4.04. The number of thiophene rings is 1. The summed E-state index contributed by atoms with van der Waals surface area (Å²) in [6, 6.07) is 5.90. The molecule has 108 valence electrons. The Morgan fingerprint density at radius 2 is 2.21 bits per heavy atom. The van der Waals surface area contributed by atoms with E-state index in [2.05, 4.69) is 50.0 Å². The molecule has 1 aromatic heterocycles. The molecule has 2 unspecified atom stereocenters. The average molecular weight is 280 g/mol. The Kier molecular flexibility index (Phi) is 5.43. The van der Waals surface area contributed by atoms with Crippen LogP contribution in [0.1, 0.15) is 43.4 Å². The van der Waals surface area contributed by atoms with E-state index < -0.39 is 0 Å². The Bertz CT molecular complexity index is 386. The van der Waals surface area contributed by atoms with Gasteiger partial charge in [-0.3, -0.25) is 4.90 Å². The minimum absolute atomic E-state index is 0.676. The first-order valence-corrected chi connectivity index (χ1v) is 8.44. The fourth-order valence-corrected chi connectivity index (χ4v) is 3.97. The van der Waals surface area contributed by atoms with Gasteiger partial charge in [0.2, 0.25) is 0 Å². The second-order valence-electron chi connectivity index (χ2n) is 6.15. The molecule has 0 radical (unpaired) electrons. The zero-order chi connectivity index (χ0) is 13.8. The molecule has 2 rings (SSSR count). The highest BCUT2D eigenvalue weighted by atomic mass is 32.1. The van der Waals surface area contributed by atoms with E-state index in [1.165, 1.54) is 29.1 Å². The molecule has 0 saturated carbocycles. The van der Waals surface area contributed by atoms with Crippen LogP contribution in [0.15, 0.2) is 12.1 Å². The molecule has 0 spiro atoms. The lowest BCUT2D eigenvalue weighted by Gasteiger charge is -2.42. The molecule has 3 heteroatoms. The first-order valence-electron chi connectivity index (χ1n) is 7.63. The molecule has 2 heterocycles. The van der Waals surface area contributed by atoms with E-state index in [9.17, 15) is 0 Å². The van der Waals surface area contributed by atoms with Gasteiger partial charge in [0, 0.05) is 41.5 Å². The maximum absolute atomic E-state index is 3.73. The van der Waals surface area contributed by atoms with Gasteiger partial charge in [-0.25, -0.2) is 0 Å². The van der Waals surface area contributed by atoms with E-state index in [-0.39, 0.29) is 0 Å². The van der Waals surface area contributed by atoms with Gasteiger partial charge >= 0.3 is 0 Å². The van der Waals surface area contributed by atoms with Crippen LogP contribution in [0.25, 0.3) is 0 Å². The summed E-state index contributed by atoms with van der Waals surface area (Å²) >= 11 is 1.95. The van der Waals surface area contributed by atoms with Crippen molar-refractivity contribution in [2.45, 2.75) is 59.2 Å². The van der Waals surface area contributed by atoms with Crippen molar-refractivity contribution in [3.05, 3.63) is 21.9 Å². The second kappa shape index (κ2) is 6.87. The highest BCUT2D eigenvalue weighted by Crippen LogP contribution is 2.23. The van der Waals surface area contributed by atoms with Crippen molar-refractivity contribution in [2.24, 2.45) is 5.92 Å². The molecule has 2 nitrogen and oxygen atoms in total. The third-order valence-corrected chi connectivity index (χ3v) is 5.09. The summed E-state index contributed by atoms with van der Waals surface area (Å²) < 4.78 is 0. The Morgan fingerprint density at radius 1 is 1.42 bits per heavy atom. The van der Waals surface area contributed by atoms with Gasteiger partial charge in [0.05, 0.1) is 0 Å². The van der Waals surface area contributed by atoms with Gasteiger partial charge in [0.1, 0.15) is 0 Å². The van der Waals surface area contributed by atoms with Gasteiger partial charge in [-0.05, 0) is 31.4 Å². The fourth-order valence-electron chi connectivity index (χ4n) is 3.05. The molecule has 1 aliphatic heterocycles. The highest BCUT2D eigenvalue weighted by Gasteiger charge is 2.29. The molecule has 0 bridgehead atoms. The number of nitrogens with zero attached hydrogens (tertiary/aromatic N) is 1. The van der Waals surface area contributed by atoms with Crippen LogP contribution in [0.4, 0.5) is 0 Å². The van der Waals surface area contributed by atoms with Crippen molar-refractivity contribution < 1.29 is 0 Å². The van der Waals surface area contributed by atoms with Crippen LogP contribution in [0.3, 0.4) is 0 Å². The fraction of sp³-hybridized carbons (Fsp3) is 0.750. The lowest BCUT2D eigenvalue weighted by atomic mass is 9.97. The molecule has 1 aromatic rings. The summed E-state index contributed by atoms with van der Waals surface area (Å²) in [6.45, 7) is 12.6. The van der Waals surface area contributed by atoms with Crippen molar-refractivity contribution in [1.82, 2.24) is 10.2 Å². The maximum atomic E-state index is 3.73. The van der Waals surface area contributed by atoms with Gasteiger partial charge in [-0.1, -0.05) is 27.2 Å². The quantitative estimate of drug-likeness (QED) is 0.885. The third-order valence-electron chi connectivity index (χ3n) is 4.10.